The van der Waals surface area contributed by atoms with Gasteiger partial charge in [0.05, 0.1) is 0 Å². The summed E-state index contributed by atoms with van der Waals surface area (Å²) in [6, 6.07) is 11.6. The average Bonchev–Trinajstić information content (AvgIpc) is 2.78. The Labute approximate surface area is 101 Å². The molecule has 0 atom stereocenters. The fraction of sp³-hybridized carbons (Fsp3) is 0.214. The summed E-state index contributed by atoms with van der Waals surface area (Å²) >= 11 is 0. The Hall–Kier alpha value is -1.87. The second-order valence-corrected chi connectivity index (χ2v) is 4.25. The summed E-state index contributed by atoms with van der Waals surface area (Å²) in [6.07, 6.45) is 0.712. The van der Waals surface area contributed by atoms with Crippen molar-refractivity contribution in [1.29, 1.82) is 0 Å². The fourth-order valence-corrected chi connectivity index (χ4v) is 1.71. The van der Waals surface area contributed by atoms with E-state index in [4.69, 9.17) is 4.42 Å². The molecule has 0 saturated carbocycles. The van der Waals surface area contributed by atoms with Gasteiger partial charge < -0.3 is 9.32 Å². The summed E-state index contributed by atoms with van der Waals surface area (Å²) < 4.78 is 5.36. The van der Waals surface area contributed by atoms with Crippen molar-refractivity contribution in [3.05, 3.63) is 47.7 Å². The minimum absolute atomic E-state index is 0.359. The molecule has 0 aliphatic heterocycles. The molecule has 1 aromatic heterocycles. The van der Waals surface area contributed by atoms with Crippen molar-refractivity contribution in [2.24, 2.45) is 0 Å². The summed E-state index contributed by atoms with van der Waals surface area (Å²) in [5.41, 5.74) is 2.24. The van der Waals surface area contributed by atoms with Crippen molar-refractivity contribution in [2.45, 2.75) is 6.54 Å². The largest absolute Gasteiger partial charge is 0.453 e. The van der Waals surface area contributed by atoms with Crippen LogP contribution in [0.25, 0.3) is 11.3 Å². The predicted molar refractivity (Wildman–Crippen MR) is 66.9 cm³/mol. The lowest BCUT2D eigenvalue weighted by Crippen LogP contribution is -2.10. The number of hydrogen-bond acceptors (Lipinski definition) is 3. The second kappa shape index (κ2) is 4.97. The Balaban J connectivity index is 2.19. The van der Waals surface area contributed by atoms with Gasteiger partial charge in [0.25, 0.3) is 0 Å². The van der Waals surface area contributed by atoms with E-state index in [1.54, 1.807) is 6.07 Å². The molecule has 2 aromatic rings. The third-order valence-corrected chi connectivity index (χ3v) is 2.48. The number of carbonyl (C=O) groups is 1. The van der Waals surface area contributed by atoms with Crippen LogP contribution in [-0.2, 0) is 6.54 Å². The molecule has 3 nitrogen and oxygen atoms in total. The highest BCUT2D eigenvalue weighted by Crippen LogP contribution is 2.22. The molecule has 2 rings (SSSR count). The van der Waals surface area contributed by atoms with Gasteiger partial charge in [-0.25, -0.2) is 0 Å². The molecule has 1 heterocycles. The molecular weight excluding hydrogens is 214 g/mol. The first-order valence-corrected chi connectivity index (χ1v) is 5.48. The van der Waals surface area contributed by atoms with Crippen LogP contribution in [0.3, 0.4) is 0 Å². The molecular formula is C14H15NO2. The van der Waals surface area contributed by atoms with Crippen LogP contribution in [0.5, 0.6) is 0 Å². The van der Waals surface area contributed by atoms with Crippen molar-refractivity contribution in [1.82, 2.24) is 4.90 Å². The van der Waals surface area contributed by atoms with Crippen LogP contribution in [0.4, 0.5) is 0 Å². The summed E-state index contributed by atoms with van der Waals surface area (Å²) in [5, 5.41) is 0. The lowest BCUT2D eigenvalue weighted by Gasteiger charge is -2.09. The number of rotatable bonds is 4. The zero-order valence-electron chi connectivity index (χ0n) is 10.0. The molecule has 0 saturated heterocycles. The SMILES string of the molecule is CN(C)Cc1ccc(-c2ccc(C=O)o2)cc1. The Morgan fingerprint density at radius 1 is 1.12 bits per heavy atom. The highest BCUT2D eigenvalue weighted by Gasteiger charge is 2.04. The van der Waals surface area contributed by atoms with Crippen molar-refractivity contribution in [3.8, 4) is 11.3 Å². The summed E-state index contributed by atoms with van der Waals surface area (Å²) in [4.78, 5) is 12.6. The van der Waals surface area contributed by atoms with Crippen molar-refractivity contribution in [2.75, 3.05) is 14.1 Å². The van der Waals surface area contributed by atoms with Gasteiger partial charge in [0, 0.05) is 12.1 Å². The van der Waals surface area contributed by atoms with Gasteiger partial charge in [0.2, 0.25) is 0 Å². The maximum atomic E-state index is 10.5. The van der Waals surface area contributed by atoms with Gasteiger partial charge in [-0.1, -0.05) is 24.3 Å². The first kappa shape index (κ1) is 11.6. The number of carbonyl (C=O) groups excluding carboxylic acids is 1. The van der Waals surface area contributed by atoms with E-state index in [1.807, 2.05) is 32.3 Å². The number of furan rings is 1. The van der Waals surface area contributed by atoms with Gasteiger partial charge in [-0.05, 0) is 31.8 Å². The predicted octanol–water partition coefficient (Wildman–Crippen LogP) is 2.82. The smallest absolute Gasteiger partial charge is 0.185 e. The molecule has 1 aromatic carbocycles. The molecule has 0 spiro atoms. The van der Waals surface area contributed by atoms with E-state index in [2.05, 4.69) is 17.0 Å². The van der Waals surface area contributed by atoms with E-state index in [0.29, 0.717) is 12.0 Å². The van der Waals surface area contributed by atoms with Gasteiger partial charge in [0.15, 0.2) is 12.0 Å². The molecule has 0 aliphatic rings. The number of nitrogens with zero attached hydrogens (tertiary/aromatic N) is 1. The highest BCUT2D eigenvalue weighted by molar-refractivity contribution is 5.72. The second-order valence-electron chi connectivity index (χ2n) is 4.25. The highest BCUT2D eigenvalue weighted by atomic mass is 16.3. The van der Waals surface area contributed by atoms with E-state index < -0.39 is 0 Å². The van der Waals surface area contributed by atoms with Gasteiger partial charge in [0.1, 0.15) is 5.76 Å². The summed E-state index contributed by atoms with van der Waals surface area (Å²) in [6.45, 7) is 0.915. The van der Waals surface area contributed by atoms with Crippen molar-refractivity contribution in [3.63, 3.8) is 0 Å². The quantitative estimate of drug-likeness (QED) is 0.756. The Morgan fingerprint density at radius 2 is 1.82 bits per heavy atom. The fourth-order valence-electron chi connectivity index (χ4n) is 1.71. The lowest BCUT2D eigenvalue weighted by atomic mass is 10.1. The zero-order chi connectivity index (χ0) is 12.3. The minimum Gasteiger partial charge on any atom is -0.453 e. The van der Waals surface area contributed by atoms with Crippen LogP contribution in [-0.4, -0.2) is 25.3 Å². The van der Waals surface area contributed by atoms with Gasteiger partial charge in [-0.15, -0.1) is 0 Å². The molecule has 0 amide bonds. The number of aldehydes is 1. The van der Waals surface area contributed by atoms with Gasteiger partial charge in [-0.2, -0.15) is 0 Å². The van der Waals surface area contributed by atoms with Crippen LogP contribution in [0.1, 0.15) is 16.1 Å². The molecule has 88 valence electrons. The van der Waals surface area contributed by atoms with Crippen molar-refractivity contribution >= 4 is 6.29 Å². The summed E-state index contributed by atoms with van der Waals surface area (Å²) in [7, 11) is 4.08. The van der Waals surface area contributed by atoms with Crippen LogP contribution in [0, 0.1) is 0 Å². The maximum absolute atomic E-state index is 10.5. The van der Waals surface area contributed by atoms with Crippen molar-refractivity contribution < 1.29 is 9.21 Å². The first-order chi connectivity index (χ1) is 8.19. The van der Waals surface area contributed by atoms with E-state index in [0.717, 1.165) is 17.9 Å². The van der Waals surface area contributed by atoms with E-state index in [1.165, 1.54) is 5.56 Å². The van der Waals surface area contributed by atoms with Gasteiger partial charge in [-0.3, -0.25) is 4.79 Å². The molecule has 0 aliphatic carbocycles. The standard InChI is InChI=1S/C14H15NO2/c1-15(2)9-11-3-5-12(6-4-11)14-8-7-13(10-16)17-14/h3-8,10H,9H2,1-2H3. The number of benzene rings is 1. The minimum atomic E-state index is 0.359. The molecule has 3 heteroatoms. The van der Waals surface area contributed by atoms with E-state index >= 15 is 0 Å². The average molecular weight is 229 g/mol. The summed E-state index contributed by atoms with van der Waals surface area (Å²) in [5.74, 6) is 1.08. The van der Waals surface area contributed by atoms with Crippen LogP contribution < -0.4 is 0 Å². The van der Waals surface area contributed by atoms with Crippen LogP contribution >= 0.6 is 0 Å². The van der Waals surface area contributed by atoms with E-state index in [9.17, 15) is 4.79 Å². The Morgan fingerprint density at radius 3 is 2.35 bits per heavy atom. The first-order valence-electron chi connectivity index (χ1n) is 5.48. The molecule has 0 radical (unpaired) electrons. The third kappa shape index (κ3) is 2.82. The topological polar surface area (TPSA) is 33.5 Å². The molecule has 17 heavy (non-hydrogen) atoms. The van der Waals surface area contributed by atoms with Crippen LogP contribution in [0.2, 0.25) is 0 Å². The Kier molecular flexibility index (Phi) is 3.40. The van der Waals surface area contributed by atoms with Gasteiger partial charge >= 0.3 is 0 Å². The third-order valence-electron chi connectivity index (χ3n) is 2.48. The maximum Gasteiger partial charge on any atom is 0.185 e. The normalized spacial score (nSPS) is 10.8. The monoisotopic (exact) mass is 229 g/mol. The molecule has 0 fully saturated rings. The van der Waals surface area contributed by atoms with Crippen LogP contribution in [0.15, 0.2) is 40.8 Å². The lowest BCUT2D eigenvalue weighted by molar-refractivity contribution is 0.110. The molecule has 0 bridgehead atoms. The zero-order valence-corrected chi connectivity index (χ0v) is 10.0. The van der Waals surface area contributed by atoms with E-state index in [-0.39, 0.29) is 0 Å². The molecule has 0 unspecified atom stereocenters. The molecule has 0 N–H and O–H groups in total. The Bertz CT molecular complexity index is 497. The number of hydrogen-bond donors (Lipinski definition) is 0.